The van der Waals surface area contributed by atoms with Crippen molar-refractivity contribution in [3.05, 3.63) is 66.2 Å². The number of carbonyl (C=O) groups is 2. The van der Waals surface area contributed by atoms with E-state index >= 15 is 0 Å². The van der Waals surface area contributed by atoms with Crippen LogP contribution in [0.3, 0.4) is 0 Å². The van der Waals surface area contributed by atoms with Gasteiger partial charge >= 0.3 is 0 Å². The SMILES string of the molecule is COc1ccccc1NC(=O)c1ccc(NC(=O)CC2C=CCC2)cc1. The van der Waals surface area contributed by atoms with Crippen molar-refractivity contribution >= 4 is 23.2 Å². The quantitative estimate of drug-likeness (QED) is 0.766. The number of ether oxygens (including phenoxy) is 1. The second-order valence-electron chi connectivity index (χ2n) is 6.25. The highest BCUT2D eigenvalue weighted by Crippen LogP contribution is 2.24. The Labute approximate surface area is 153 Å². The Hall–Kier alpha value is -3.08. The summed E-state index contributed by atoms with van der Waals surface area (Å²) >= 11 is 0. The Morgan fingerprint density at radius 2 is 1.85 bits per heavy atom. The van der Waals surface area contributed by atoms with Gasteiger partial charge in [-0.1, -0.05) is 24.3 Å². The number of anilines is 2. The number of hydrogen-bond acceptors (Lipinski definition) is 3. The fourth-order valence-corrected chi connectivity index (χ4v) is 2.96. The molecule has 2 aromatic carbocycles. The molecule has 1 atom stereocenters. The van der Waals surface area contributed by atoms with Crippen LogP contribution in [0.1, 0.15) is 29.6 Å². The van der Waals surface area contributed by atoms with Gasteiger partial charge in [-0.2, -0.15) is 0 Å². The molecule has 5 heteroatoms. The molecule has 2 aromatic rings. The van der Waals surface area contributed by atoms with Gasteiger partial charge in [-0.05, 0) is 55.2 Å². The third-order valence-electron chi connectivity index (χ3n) is 4.35. The molecular formula is C21H22N2O3. The molecule has 5 nitrogen and oxygen atoms in total. The Morgan fingerprint density at radius 1 is 1.08 bits per heavy atom. The van der Waals surface area contributed by atoms with E-state index in [9.17, 15) is 9.59 Å². The Balaban J connectivity index is 1.59. The lowest BCUT2D eigenvalue weighted by Crippen LogP contribution is -2.15. The predicted molar refractivity (Wildman–Crippen MR) is 102 cm³/mol. The average Bonchev–Trinajstić information content (AvgIpc) is 3.15. The summed E-state index contributed by atoms with van der Waals surface area (Å²) in [6.45, 7) is 0. The van der Waals surface area contributed by atoms with Crippen LogP contribution in [0.2, 0.25) is 0 Å². The molecular weight excluding hydrogens is 328 g/mol. The van der Waals surface area contributed by atoms with Crippen LogP contribution in [0, 0.1) is 5.92 Å². The van der Waals surface area contributed by atoms with Gasteiger partial charge in [0, 0.05) is 17.7 Å². The van der Waals surface area contributed by atoms with E-state index in [2.05, 4.69) is 22.8 Å². The number of carbonyl (C=O) groups excluding carboxylic acids is 2. The van der Waals surface area contributed by atoms with Crippen molar-refractivity contribution in [1.82, 2.24) is 0 Å². The van der Waals surface area contributed by atoms with Crippen molar-refractivity contribution in [2.45, 2.75) is 19.3 Å². The number of benzene rings is 2. The Bertz CT molecular complexity index is 812. The molecule has 0 saturated carbocycles. The van der Waals surface area contributed by atoms with Crippen LogP contribution in [-0.2, 0) is 4.79 Å². The van der Waals surface area contributed by atoms with Crippen LogP contribution in [0.25, 0.3) is 0 Å². The summed E-state index contributed by atoms with van der Waals surface area (Å²) in [5.74, 6) is 0.697. The molecule has 134 valence electrons. The lowest BCUT2D eigenvalue weighted by Gasteiger charge is -2.11. The second kappa shape index (κ2) is 8.34. The van der Waals surface area contributed by atoms with Crippen molar-refractivity contribution in [2.75, 3.05) is 17.7 Å². The monoisotopic (exact) mass is 350 g/mol. The van der Waals surface area contributed by atoms with E-state index in [1.165, 1.54) is 0 Å². The summed E-state index contributed by atoms with van der Waals surface area (Å²) in [6.07, 6.45) is 6.80. The molecule has 0 heterocycles. The molecule has 3 rings (SSSR count). The number of allylic oxidation sites excluding steroid dienone is 2. The van der Waals surface area contributed by atoms with Crippen LogP contribution in [0.15, 0.2) is 60.7 Å². The third kappa shape index (κ3) is 4.51. The van der Waals surface area contributed by atoms with Crippen LogP contribution in [-0.4, -0.2) is 18.9 Å². The van der Waals surface area contributed by atoms with Crippen LogP contribution < -0.4 is 15.4 Å². The maximum atomic E-state index is 12.4. The molecule has 2 amide bonds. The molecule has 2 N–H and O–H groups in total. The van der Waals surface area contributed by atoms with E-state index in [1.807, 2.05) is 12.1 Å². The number of hydrogen-bond donors (Lipinski definition) is 2. The molecule has 0 spiro atoms. The Morgan fingerprint density at radius 3 is 2.54 bits per heavy atom. The number of amides is 2. The molecule has 1 aliphatic rings. The first-order chi connectivity index (χ1) is 12.7. The van der Waals surface area contributed by atoms with Crippen molar-refractivity contribution in [3.8, 4) is 5.75 Å². The molecule has 1 unspecified atom stereocenters. The van der Waals surface area contributed by atoms with Gasteiger partial charge in [0.2, 0.25) is 5.91 Å². The zero-order valence-electron chi connectivity index (χ0n) is 14.7. The summed E-state index contributed by atoms with van der Waals surface area (Å²) in [6, 6.07) is 14.1. The molecule has 0 saturated heterocycles. The molecule has 0 aromatic heterocycles. The average molecular weight is 350 g/mol. The molecule has 0 radical (unpaired) electrons. The van der Waals surface area contributed by atoms with Gasteiger partial charge in [-0.3, -0.25) is 9.59 Å². The van der Waals surface area contributed by atoms with Gasteiger partial charge in [-0.25, -0.2) is 0 Å². The molecule has 26 heavy (non-hydrogen) atoms. The lowest BCUT2D eigenvalue weighted by atomic mass is 10.0. The zero-order valence-corrected chi connectivity index (χ0v) is 14.7. The minimum absolute atomic E-state index is 0.00669. The van der Waals surface area contributed by atoms with Gasteiger partial charge in [0.15, 0.2) is 0 Å². The largest absolute Gasteiger partial charge is 0.495 e. The maximum Gasteiger partial charge on any atom is 0.255 e. The number of nitrogens with one attached hydrogen (secondary N) is 2. The third-order valence-corrected chi connectivity index (χ3v) is 4.35. The normalized spacial score (nSPS) is 15.5. The van der Waals surface area contributed by atoms with E-state index in [0.29, 0.717) is 35.0 Å². The van der Waals surface area contributed by atoms with Gasteiger partial charge in [0.25, 0.3) is 5.91 Å². The van der Waals surface area contributed by atoms with E-state index in [-0.39, 0.29) is 11.8 Å². The van der Waals surface area contributed by atoms with Crippen molar-refractivity contribution in [1.29, 1.82) is 0 Å². The van der Waals surface area contributed by atoms with E-state index in [1.54, 1.807) is 43.5 Å². The highest BCUT2D eigenvalue weighted by Gasteiger charge is 2.14. The highest BCUT2D eigenvalue weighted by atomic mass is 16.5. The fourth-order valence-electron chi connectivity index (χ4n) is 2.96. The predicted octanol–water partition coefficient (Wildman–Crippen LogP) is 4.24. The van der Waals surface area contributed by atoms with Gasteiger partial charge in [0.05, 0.1) is 12.8 Å². The van der Waals surface area contributed by atoms with Crippen LogP contribution in [0.4, 0.5) is 11.4 Å². The minimum Gasteiger partial charge on any atom is -0.495 e. The lowest BCUT2D eigenvalue weighted by molar-refractivity contribution is -0.116. The van der Waals surface area contributed by atoms with Crippen molar-refractivity contribution in [3.63, 3.8) is 0 Å². The number of methoxy groups -OCH3 is 1. The van der Waals surface area contributed by atoms with Gasteiger partial charge < -0.3 is 15.4 Å². The molecule has 0 fully saturated rings. The summed E-state index contributed by atoms with van der Waals surface area (Å²) < 4.78 is 5.23. The first-order valence-corrected chi connectivity index (χ1v) is 8.66. The molecule has 0 aliphatic heterocycles. The summed E-state index contributed by atoms with van der Waals surface area (Å²) in [5, 5.41) is 5.71. The standard InChI is InChI=1S/C21H22N2O3/c1-26-19-9-5-4-8-18(19)23-21(25)16-10-12-17(13-11-16)22-20(24)14-15-6-2-3-7-15/h2,4-6,8-13,15H,3,7,14H2,1H3,(H,22,24)(H,23,25). The number of para-hydroxylation sites is 2. The van der Waals surface area contributed by atoms with E-state index in [4.69, 9.17) is 4.74 Å². The van der Waals surface area contributed by atoms with E-state index < -0.39 is 0 Å². The first kappa shape index (κ1) is 17.7. The van der Waals surface area contributed by atoms with Gasteiger partial charge in [-0.15, -0.1) is 0 Å². The second-order valence-corrected chi connectivity index (χ2v) is 6.25. The first-order valence-electron chi connectivity index (χ1n) is 8.66. The topological polar surface area (TPSA) is 67.4 Å². The summed E-state index contributed by atoms with van der Waals surface area (Å²) in [7, 11) is 1.56. The molecule has 1 aliphatic carbocycles. The maximum absolute atomic E-state index is 12.4. The van der Waals surface area contributed by atoms with Crippen LogP contribution >= 0.6 is 0 Å². The van der Waals surface area contributed by atoms with E-state index in [0.717, 1.165) is 12.8 Å². The van der Waals surface area contributed by atoms with Crippen molar-refractivity contribution in [2.24, 2.45) is 5.92 Å². The molecule has 0 bridgehead atoms. The summed E-state index contributed by atoms with van der Waals surface area (Å²) in [5.41, 5.74) is 1.81. The zero-order chi connectivity index (χ0) is 18.4. The van der Waals surface area contributed by atoms with Gasteiger partial charge in [0.1, 0.15) is 5.75 Å². The van der Waals surface area contributed by atoms with Crippen LogP contribution in [0.5, 0.6) is 5.75 Å². The highest BCUT2D eigenvalue weighted by molar-refractivity contribution is 6.05. The fraction of sp³-hybridized carbons (Fsp3) is 0.238. The Kier molecular flexibility index (Phi) is 5.69. The number of rotatable bonds is 6. The smallest absolute Gasteiger partial charge is 0.255 e. The summed E-state index contributed by atoms with van der Waals surface area (Å²) in [4.78, 5) is 24.4. The minimum atomic E-state index is -0.233. The van der Waals surface area contributed by atoms with Crippen molar-refractivity contribution < 1.29 is 14.3 Å².